The summed E-state index contributed by atoms with van der Waals surface area (Å²) in [6, 6.07) is 2.38. The molecule has 5 nitrogen and oxygen atoms in total. The Morgan fingerprint density at radius 1 is 1.22 bits per heavy atom. The predicted octanol–water partition coefficient (Wildman–Crippen LogP) is 3.17. The van der Waals surface area contributed by atoms with E-state index in [9.17, 15) is 14.7 Å². The fourth-order valence-electron chi connectivity index (χ4n) is 5.12. The Hall–Kier alpha value is -1.40. The summed E-state index contributed by atoms with van der Waals surface area (Å²) in [6.07, 6.45) is 7.13. The Labute approximate surface area is 165 Å². The summed E-state index contributed by atoms with van der Waals surface area (Å²) in [5, 5.41) is 14.9. The molecule has 148 valence electrons. The maximum atomic E-state index is 12.9. The standard InChI is InChI=1S/C21H30N2O3S/c1-16(24)23(14-17-5-12-27-15-17)18-13-20(18)8-10-22(11-9-20)19(25)21(26)6-3-2-4-7-21/h5,12,15,18,26H,2-4,6-11,13-14H2,1H3. The number of aliphatic hydroxyl groups is 1. The number of nitrogens with zero attached hydrogens (tertiary/aromatic N) is 2. The topological polar surface area (TPSA) is 60.9 Å². The first kappa shape index (κ1) is 18.9. The monoisotopic (exact) mass is 390 g/mol. The summed E-state index contributed by atoms with van der Waals surface area (Å²) in [4.78, 5) is 29.0. The Morgan fingerprint density at radius 2 is 1.93 bits per heavy atom. The molecule has 1 unspecified atom stereocenters. The Morgan fingerprint density at radius 3 is 2.52 bits per heavy atom. The van der Waals surface area contributed by atoms with Gasteiger partial charge < -0.3 is 14.9 Å². The third-order valence-electron chi connectivity index (χ3n) is 6.99. The molecular weight excluding hydrogens is 360 g/mol. The zero-order valence-corrected chi connectivity index (χ0v) is 17.0. The second-order valence-corrected chi connectivity index (χ2v) is 9.53. The first-order valence-corrected chi connectivity index (χ1v) is 11.2. The van der Waals surface area contributed by atoms with E-state index in [4.69, 9.17) is 0 Å². The van der Waals surface area contributed by atoms with Crippen LogP contribution in [0, 0.1) is 5.41 Å². The molecular formula is C21H30N2O3S. The van der Waals surface area contributed by atoms with Gasteiger partial charge >= 0.3 is 0 Å². The molecule has 2 amide bonds. The van der Waals surface area contributed by atoms with Gasteiger partial charge in [-0.05, 0) is 59.9 Å². The van der Waals surface area contributed by atoms with Crippen LogP contribution in [-0.2, 0) is 16.1 Å². The molecule has 3 fully saturated rings. The minimum Gasteiger partial charge on any atom is -0.380 e. The van der Waals surface area contributed by atoms with E-state index in [1.807, 2.05) is 9.80 Å². The lowest BCUT2D eigenvalue weighted by molar-refractivity contribution is -0.156. The van der Waals surface area contributed by atoms with Gasteiger partial charge in [-0.1, -0.05) is 19.3 Å². The largest absolute Gasteiger partial charge is 0.380 e. The van der Waals surface area contributed by atoms with Crippen molar-refractivity contribution in [1.29, 1.82) is 0 Å². The van der Waals surface area contributed by atoms with Crippen molar-refractivity contribution in [3.05, 3.63) is 22.4 Å². The highest BCUT2D eigenvalue weighted by Gasteiger charge is 2.59. The van der Waals surface area contributed by atoms with E-state index in [0.29, 0.717) is 38.5 Å². The molecule has 3 aliphatic rings. The first-order valence-electron chi connectivity index (χ1n) is 10.2. The van der Waals surface area contributed by atoms with E-state index < -0.39 is 5.60 Å². The van der Waals surface area contributed by atoms with Crippen LogP contribution in [0.2, 0.25) is 0 Å². The summed E-state index contributed by atoms with van der Waals surface area (Å²) in [6.45, 7) is 3.77. The minimum atomic E-state index is -1.13. The van der Waals surface area contributed by atoms with Crippen molar-refractivity contribution < 1.29 is 14.7 Å². The summed E-state index contributed by atoms with van der Waals surface area (Å²) >= 11 is 1.66. The van der Waals surface area contributed by atoms with E-state index in [1.54, 1.807) is 18.3 Å². The molecule has 1 spiro atoms. The number of hydrogen-bond donors (Lipinski definition) is 1. The smallest absolute Gasteiger partial charge is 0.254 e. The Bertz CT molecular complexity index is 688. The minimum absolute atomic E-state index is 0.0593. The van der Waals surface area contributed by atoms with Gasteiger partial charge in [0, 0.05) is 32.6 Å². The zero-order chi connectivity index (χ0) is 19.1. The van der Waals surface area contributed by atoms with Crippen molar-refractivity contribution in [3.63, 3.8) is 0 Å². The number of hydrogen-bond acceptors (Lipinski definition) is 4. The van der Waals surface area contributed by atoms with Crippen LogP contribution in [0.15, 0.2) is 16.8 Å². The van der Waals surface area contributed by atoms with Crippen LogP contribution in [0.1, 0.15) is 63.9 Å². The number of likely N-dealkylation sites (tertiary alicyclic amines) is 1. The van der Waals surface area contributed by atoms with Gasteiger partial charge in [0.15, 0.2) is 0 Å². The van der Waals surface area contributed by atoms with E-state index in [-0.39, 0.29) is 17.2 Å². The van der Waals surface area contributed by atoms with Gasteiger partial charge in [-0.3, -0.25) is 9.59 Å². The molecule has 1 aromatic heterocycles. The van der Waals surface area contributed by atoms with Crippen molar-refractivity contribution in [2.45, 2.75) is 76.5 Å². The van der Waals surface area contributed by atoms with Crippen LogP contribution in [0.4, 0.5) is 0 Å². The third kappa shape index (κ3) is 3.66. The summed E-state index contributed by atoms with van der Waals surface area (Å²) in [5.74, 6) is 0.0778. The molecule has 1 N–H and O–H groups in total. The molecule has 1 aromatic rings. The average molecular weight is 391 g/mol. The van der Waals surface area contributed by atoms with E-state index in [2.05, 4.69) is 16.8 Å². The van der Waals surface area contributed by atoms with Crippen molar-refractivity contribution in [3.8, 4) is 0 Å². The molecule has 0 bridgehead atoms. The second-order valence-electron chi connectivity index (χ2n) is 8.75. The lowest BCUT2D eigenvalue weighted by Crippen LogP contribution is -2.53. The van der Waals surface area contributed by atoms with Crippen molar-refractivity contribution in [1.82, 2.24) is 9.80 Å². The molecule has 0 radical (unpaired) electrons. The predicted molar refractivity (Wildman–Crippen MR) is 105 cm³/mol. The van der Waals surface area contributed by atoms with Gasteiger partial charge in [0.25, 0.3) is 5.91 Å². The summed E-state index contributed by atoms with van der Waals surface area (Å²) in [7, 11) is 0. The quantitative estimate of drug-likeness (QED) is 0.859. The molecule has 2 aliphatic carbocycles. The van der Waals surface area contributed by atoms with Crippen LogP contribution in [-0.4, -0.2) is 51.5 Å². The number of carbonyl (C=O) groups excluding carboxylic acids is 2. The average Bonchev–Trinajstić information content (AvgIpc) is 3.09. The second kappa shape index (κ2) is 7.21. The zero-order valence-electron chi connectivity index (χ0n) is 16.2. The highest BCUT2D eigenvalue weighted by molar-refractivity contribution is 7.07. The number of piperidine rings is 1. The molecule has 1 atom stereocenters. The van der Waals surface area contributed by atoms with Crippen molar-refractivity contribution in [2.24, 2.45) is 5.41 Å². The van der Waals surface area contributed by atoms with Crippen molar-refractivity contribution in [2.75, 3.05) is 13.1 Å². The van der Waals surface area contributed by atoms with Crippen LogP contribution in [0.5, 0.6) is 0 Å². The fourth-order valence-corrected chi connectivity index (χ4v) is 5.78. The van der Waals surface area contributed by atoms with E-state index in [1.165, 1.54) is 5.56 Å². The highest BCUT2D eigenvalue weighted by Crippen LogP contribution is 2.57. The molecule has 0 aromatic carbocycles. The third-order valence-corrected chi connectivity index (χ3v) is 7.72. The van der Waals surface area contributed by atoms with E-state index in [0.717, 1.165) is 38.5 Å². The number of thiophene rings is 1. The number of carbonyl (C=O) groups is 2. The lowest BCUT2D eigenvalue weighted by Gasteiger charge is -2.40. The van der Waals surface area contributed by atoms with Crippen LogP contribution in [0.25, 0.3) is 0 Å². The van der Waals surface area contributed by atoms with Gasteiger partial charge in [0.1, 0.15) is 5.60 Å². The highest BCUT2D eigenvalue weighted by atomic mass is 32.1. The van der Waals surface area contributed by atoms with Gasteiger partial charge in [-0.2, -0.15) is 11.3 Å². The van der Waals surface area contributed by atoms with Crippen LogP contribution < -0.4 is 0 Å². The first-order chi connectivity index (χ1) is 12.9. The normalized spacial score (nSPS) is 26.0. The van der Waals surface area contributed by atoms with Gasteiger partial charge in [-0.25, -0.2) is 0 Å². The number of rotatable bonds is 4. The SMILES string of the molecule is CC(=O)N(Cc1ccsc1)C1CC12CCN(C(=O)C1(O)CCCCC1)CC2. The van der Waals surface area contributed by atoms with E-state index >= 15 is 0 Å². The van der Waals surface area contributed by atoms with Crippen LogP contribution in [0.3, 0.4) is 0 Å². The van der Waals surface area contributed by atoms with Gasteiger partial charge in [-0.15, -0.1) is 0 Å². The molecule has 27 heavy (non-hydrogen) atoms. The molecule has 6 heteroatoms. The molecule has 1 saturated heterocycles. The van der Waals surface area contributed by atoms with Crippen LogP contribution >= 0.6 is 11.3 Å². The summed E-state index contributed by atoms with van der Waals surface area (Å²) in [5.41, 5.74) is 0.244. The summed E-state index contributed by atoms with van der Waals surface area (Å²) < 4.78 is 0. The Balaban J connectivity index is 1.36. The Kier molecular flexibility index (Phi) is 5.06. The van der Waals surface area contributed by atoms with Gasteiger partial charge in [0.05, 0.1) is 0 Å². The molecule has 1 aliphatic heterocycles. The van der Waals surface area contributed by atoms with Crippen molar-refractivity contribution >= 4 is 23.2 Å². The maximum Gasteiger partial charge on any atom is 0.254 e. The fraction of sp³-hybridized carbons (Fsp3) is 0.714. The lowest BCUT2D eigenvalue weighted by atomic mass is 9.82. The maximum absolute atomic E-state index is 12.9. The number of amides is 2. The molecule has 2 heterocycles. The molecule has 2 saturated carbocycles. The van der Waals surface area contributed by atoms with Gasteiger partial charge in [0.2, 0.25) is 5.91 Å². The molecule has 4 rings (SSSR count).